The van der Waals surface area contributed by atoms with Crippen LogP contribution in [0.4, 0.5) is 4.79 Å². The van der Waals surface area contributed by atoms with E-state index in [-0.39, 0.29) is 16.3 Å². The SMILES string of the molecule is COC(=O)Oc1c(Cl)cc(C(=O)OC)cc1I. The first-order chi connectivity index (χ1) is 7.99. The lowest BCUT2D eigenvalue weighted by Gasteiger charge is -2.08. The normalized spacial score (nSPS) is 9.65. The first kappa shape index (κ1) is 14.0. The molecule has 0 atom stereocenters. The quantitative estimate of drug-likeness (QED) is 0.455. The van der Waals surface area contributed by atoms with E-state index in [4.69, 9.17) is 16.3 Å². The molecule has 1 aromatic carbocycles. The Bertz CT molecular complexity index is 437. The molecule has 0 aliphatic carbocycles. The maximum Gasteiger partial charge on any atom is 0.513 e. The Hall–Kier alpha value is -1.02. The summed E-state index contributed by atoms with van der Waals surface area (Å²) in [4.78, 5) is 22.3. The Kier molecular flexibility index (Phi) is 5.01. The predicted octanol–water partition coefficient (Wildman–Crippen LogP) is 2.88. The number of hydrogen-bond acceptors (Lipinski definition) is 5. The standard InChI is InChI=1S/C10H8ClIO5/c1-15-9(13)5-3-6(11)8(7(12)4-5)17-10(14)16-2/h3-4H,1-2H3. The average molecular weight is 371 g/mol. The molecule has 0 radical (unpaired) electrons. The number of methoxy groups -OCH3 is 2. The van der Waals surface area contributed by atoms with Crippen LogP contribution in [0.5, 0.6) is 5.75 Å². The first-order valence-corrected chi connectivity index (χ1v) is 5.78. The number of carbonyl (C=O) groups excluding carboxylic acids is 2. The van der Waals surface area contributed by atoms with Crippen LogP contribution in [-0.4, -0.2) is 26.3 Å². The number of ether oxygens (including phenoxy) is 3. The molecular formula is C10H8ClIO5. The predicted molar refractivity (Wildman–Crippen MR) is 68.5 cm³/mol. The van der Waals surface area contributed by atoms with Crippen LogP contribution >= 0.6 is 34.2 Å². The topological polar surface area (TPSA) is 61.8 Å². The van der Waals surface area contributed by atoms with Gasteiger partial charge in [-0.25, -0.2) is 9.59 Å². The monoisotopic (exact) mass is 370 g/mol. The van der Waals surface area contributed by atoms with Gasteiger partial charge in [-0.2, -0.15) is 0 Å². The van der Waals surface area contributed by atoms with Gasteiger partial charge in [-0.05, 0) is 34.7 Å². The fourth-order valence-corrected chi connectivity index (χ4v) is 2.17. The molecule has 0 unspecified atom stereocenters. The summed E-state index contributed by atoms with van der Waals surface area (Å²) >= 11 is 7.78. The van der Waals surface area contributed by atoms with E-state index in [1.54, 1.807) is 0 Å². The molecule has 0 aromatic heterocycles. The van der Waals surface area contributed by atoms with Crippen LogP contribution in [0.15, 0.2) is 12.1 Å². The average Bonchev–Trinajstić information content (AvgIpc) is 2.32. The minimum Gasteiger partial charge on any atom is -0.465 e. The summed E-state index contributed by atoms with van der Waals surface area (Å²) in [5.41, 5.74) is 0.277. The first-order valence-electron chi connectivity index (χ1n) is 4.32. The summed E-state index contributed by atoms with van der Waals surface area (Å²) in [6.07, 6.45) is -0.879. The summed E-state index contributed by atoms with van der Waals surface area (Å²) < 4.78 is 14.2. The van der Waals surface area contributed by atoms with Crippen LogP contribution in [0, 0.1) is 3.57 Å². The molecule has 0 aliphatic heterocycles. The van der Waals surface area contributed by atoms with E-state index in [0.29, 0.717) is 3.57 Å². The largest absolute Gasteiger partial charge is 0.513 e. The van der Waals surface area contributed by atoms with Gasteiger partial charge in [0.25, 0.3) is 0 Å². The second-order valence-electron chi connectivity index (χ2n) is 2.82. The Balaban J connectivity index is 3.10. The van der Waals surface area contributed by atoms with Gasteiger partial charge in [0.05, 0.1) is 28.4 Å². The lowest BCUT2D eigenvalue weighted by atomic mass is 10.2. The van der Waals surface area contributed by atoms with E-state index in [1.807, 2.05) is 22.6 Å². The molecule has 92 valence electrons. The Morgan fingerprint density at radius 3 is 2.35 bits per heavy atom. The molecule has 0 amide bonds. The van der Waals surface area contributed by atoms with Gasteiger partial charge in [-0.3, -0.25) is 0 Å². The van der Waals surface area contributed by atoms with Crippen molar-refractivity contribution in [3.05, 3.63) is 26.3 Å². The molecule has 17 heavy (non-hydrogen) atoms. The van der Waals surface area contributed by atoms with Crippen LogP contribution in [0.2, 0.25) is 5.02 Å². The molecule has 0 spiro atoms. The van der Waals surface area contributed by atoms with Crippen LogP contribution in [0.1, 0.15) is 10.4 Å². The van der Waals surface area contributed by atoms with Gasteiger partial charge in [0, 0.05) is 0 Å². The Morgan fingerprint density at radius 1 is 1.24 bits per heavy atom. The zero-order chi connectivity index (χ0) is 13.0. The number of carbonyl (C=O) groups is 2. The van der Waals surface area contributed by atoms with Gasteiger partial charge >= 0.3 is 12.1 Å². The Morgan fingerprint density at radius 2 is 1.88 bits per heavy atom. The van der Waals surface area contributed by atoms with Crippen molar-refractivity contribution in [3.8, 4) is 5.75 Å². The van der Waals surface area contributed by atoms with Crippen molar-refractivity contribution >= 4 is 46.3 Å². The van der Waals surface area contributed by atoms with E-state index in [2.05, 4.69) is 9.47 Å². The van der Waals surface area contributed by atoms with E-state index < -0.39 is 12.1 Å². The highest BCUT2D eigenvalue weighted by molar-refractivity contribution is 14.1. The smallest absolute Gasteiger partial charge is 0.465 e. The van der Waals surface area contributed by atoms with E-state index >= 15 is 0 Å². The molecule has 0 N–H and O–H groups in total. The molecule has 1 rings (SSSR count). The minimum atomic E-state index is -0.879. The molecule has 0 fully saturated rings. The molecule has 7 heteroatoms. The molecule has 0 saturated carbocycles. The highest BCUT2D eigenvalue weighted by Crippen LogP contribution is 2.32. The maximum atomic E-state index is 11.3. The lowest BCUT2D eigenvalue weighted by Crippen LogP contribution is -2.10. The second-order valence-corrected chi connectivity index (χ2v) is 4.39. The molecule has 5 nitrogen and oxygen atoms in total. The number of esters is 1. The summed E-state index contributed by atoms with van der Waals surface area (Å²) in [6.45, 7) is 0. The highest BCUT2D eigenvalue weighted by Gasteiger charge is 2.16. The third-order valence-electron chi connectivity index (χ3n) is 1.77. The van der Waals surface area contributed by atoms with Crippen LogP contribution in [0.3, 0.4) is 0 Å². The van der Waals surface area contributed by atoms with E-state index in [1.165, 1.54) is 26.4 Å². The molecule has 0 bridgehead atoms. The van der Waals surface area contributed by atoms with Gasteiger partial charge in [0.15, 0.2) is 5.75 Å². The molecule has 1 aromatic rings. The van der Waals surface area contributed by atoms with Gasteiger partial charge in [0.2, 0.25) is 0 Å². The molecular weight excluding hydrogens is 362 g/mol. The summed E-state index contributed by atoms with van der Waals surface area (Å²) in [7, 11) is 2.45. The minimum absolute atomic E-state index is 0.128. The maximum absolute atomic E-state index is 11.3. The van der Waals surface area contributed by atoms with Crippen molar-refractivity contribution in [2.45, 2.75) is 0 Å². The number of benzene rings is 1. The Labute approximate surface area is 116 Å². The third kappa shape index (κ3) is 3.47. The van der Waals surface area contributed by atoms with Crippen molar-refractivity contribution in [1.29, 1.82) is 0 Å². The zero-order valence-corrected chi connectivity index (χ0v) is 11.9. The van der Waals surface area contributed by atoms with E-state index in [0.717, 1.165) is 0 Å². The van der Waals surface area contributed by atoms with Crippen LogP contribution in [-0.2, 0) is 9.47 Å². The third-order valence-corrected chi connectivity index (χ3v) is 2.85. The van der Waals surface area contributed by atoms with Gasteiger partial charge < -0.3 is 14.2 Å². The van der Waals surface area contributed by atoms with Crippen molar-refractivity contribution in [2.75, 3.05) is 14.2 Å². The van der Waals surface area contributed by atoms with Crippen molar-refractivity contribution in [1.82, 2.24) is 0 Å². The van der Waals surface area contributed by atoms with Crippen LogP contribution < -0.4 is 4.74 Å². The van der Waals surface area contributed by atoms with Gasteiger partial charge in [0.1, 0.15) is 0 Å². The molecule has 0 saturated heterocycles. The van der Waals surface area contributed by atoms with Crippen molar-refractivity contribution in [2.24, 2.45) is 0 Å². The van der Waals surface area contributed by atoms with Crippen molar-refractivity contribution < 1.29 is 23.8 Å². The second kappa shape index (κ2) is 6.06. The number of hydrogen-bond donors (Lipinski definition) is 0. The summed E-state index contributed by atoms with van der Waals surface area (Å²) in [5, 5.41) is 0.128. The summed E-state index contributed by atoms with van der Waals surface area (Å²) in [6, 6.07) is 2.85. The number of halogens is 2. The zero-order valence-electron chi connectivity index (χ0n) is 8.95. The van der Waals surface area contributed by atoms with Gasteiger partial charge in [-0.15, -0.1) is 0 Å². The summed E-state index contributed by atoms with van der Waals surface area (Å²) in [5.74, 6) is -0.374. The van der Waals surface area contributed by atoms with E-state index in [9.17, 15) is 9.59 Å². The van der Waals surface area contributed by atoms with Crippen molar-refractivity contribution in [3.63, 3.8) is 0 Å². The fourth-order valence-electron chi connectivity index (χ4n) is 1.02. The fraction of sp³-hybridized carbons (Fsp3) is 0.200. The van der Waals surface area contributed by atoms with Crippen LogP contribution in [0.25, 0.3) is 0 Å². The van der Waals surface area contributed by atoms with Gasteiger partial charge in [-0.1, -0.05) is 11.6 Å². The molecule has 0 aliphatic rings. The molecule has 0 heterocycles. The highest BCUT2D eigenvalue weighted by atomic mass is 127. The lowest BCUT2D eigenvalue weighted by molar-refractivity contribution is 0.0600. The number of rotatable bonds is 2.